The summed E-state index contributed by atoms with van der Waals surface area (Å²) in [6.45, 7) is 3.83. The maximum absolute atomic E-state index is 12.7. The van der Waals surface area contributed by atoms with E-state index in [0.717, 1.165) is 12.1 Å². The van der Waals surface area contributed by atoms with E-state index in [-0.39, 0.29) is 57.4 Å². The van der Waals surface area contributed by atoms with Crippen LogP contribution in [0.1, 0.15) is 34.6 Å². The highest BCUT2D eigenvalue weighted by molar-refractivity contribution is 7.80. The minimum absolute atomic E-state index is 0.0122. The second kappa shape index (κ2) is 14.4. The fraction of sp³-hybridized carbons (Fsp3) is 0.148. The summed E-state index contributed by atoms with van der Waals surface area (Å²) in [6.07, 6.45) is 0. The number of thiocarbonyl (C=S) groups is 2. The number of nitrogens with zero attached hydrogens (tertiary/aromatic N) is 3. The van der Waals surface area contributed by atoms with Crippen LogP contribution in [0.4, 0.5) is 22.2 Å². The minimum Gasteiger partial charge on any atom is -0.487 e. The van der Waals surface area contributed by atoms with E-state index in [1.165, 1.54) is 35.6 Å². The molecular weight excluding hydrogens is 647 g/mol. The van der Waals surface area contributed by atoms with E-state index in [2.05, 4.69) is 26.3 Å². The topological polar surface area (TPSA) is 200 Å². The number of carbonyl (C=O) groups excluding carboxylic acids is 2. The normalized spacial score (nSPS) is 10.4. The lowest BCUT2D eigenvalue weighted by atomic mass is 10.1. The standard InChI is InChI=1S/C27H23N7O8S3/c1-3-41-20-9-5-14(11-18(20)33(37)38)23(35)30-25(43)28-16-7-8-17-22(13-16)45-27(29-17)32-26(44)31-24(36)15-6-10-21(42-4-2)19(12-15)34(39)40/h5-13H,3-4H2,1-2H3,(H2,28,30,35,43)(H2,29,31,32,36,44). The van der Waals surface area contributed by atoms with E-state index in [1.54, 1.807) is 32.0 Å². The Labute approximate surface area is 269 Å². The third-order valence-electron chi connectivity index (χ3n) is 5.76. The first-order chi connectivity index (χ1) is 21.5. The monoisotopic (exact) mass is 669 g/mol. The Morgan fingerprint density at radius 3 is 1.80 bits per heavy atom. The van der Waals surface area contributed by atoms with E-state index < -0.39 is 21.7 Å². The van der Waals surface area contributed by atoms with Gasteiger partial charge in [-0.2, -0.15) is 0 Å². The van der Waals surface area contributed by atoms with Gasteiger partial charge in [0.05, 0.1) is 33.3 Å². The molecule has 0 unspecified atom stereocenters. The molecule has 0 atom stereocenters. The molecule has 3 aromatic carbocycles. The predicted octanol–water partition coefficient (Wildman–Crippen LogP) is 5.16. The second-order valence-electron chi connectivity index (χ2n) is 8.76. The van der Waals surface area contributed by atoms with E-state index in [4.69, 9.17) is 33.9 Å². The summed E-state index contributed by atoms with van der Waals surface area (Å²) < 4.78 is 11.2. The third kappa shape index (κ3) is 8.19. The van der Waals surface area contributed by atoms with Crippen LogP contribution in [0.25, 0.3) is 10.2 Å². The highest BCUT2D eigenvalue weighted by Crippen LogP contribution is 2.30. The van der Waals surface area contributed by atoms with Gasteiger partial charge >= 0.3 is 11.4 Å². The van der Waals surface area contributed by atoms with Crippen LogP contribution in [-0.4, -0.2) is 50.1 Å². The van der Waals surface area contributed by atoms with Crippen molar-refractivity contribution in [3.63, 3.8) is 0 Å². The summed E-state index contributed by atoms with van der Waals surface area (Å²) in [6, 6.07) is 12.8. The van der Waals surface area contributed by atoms with Gasteiger partial charge in [0.15, 0.2) is 26.9 Å². The zero-order valence-electron chi connectivity index (χ0n) is 23.4. The number of anilines is 2. The Kier molecular flexibility index (Phi) is 10.4. The van der Waals surface area contributed by atoms with Crippen LogP contribution in [0.3, 0.4) is 0 Å². The van der Waals surface area contributed by atoms with Gasteiger partial charge in [-0.05, 0) is 80.7 Å². The van der Waals surface area contributed by atoms with Gasteiger partial charge in [0.1, 0.15) is 0 Å². The molecule has 4 aromatic rings. The van der Waals surface area contributed by atoms with Crippen molar-refractivity contribution < 1.29 is 28.9 Å². The fourth-order valence-corrected chi connectivity index (χ4v) is 5.23. The molecule has 45 heavy (non-hydrogen) atoms. The average Bonchev–Trinajstić information content (AvgIpc) is 3.38. The summed E-state index contributed by atoms with van der Waals surface area (Å²) in [5.41, 5.74) is 0.459. The van der Waals surface area contributed by atoms with Crippen molar-refractivity contribution in [2.24, 2.45) is 0 Å². The van der Waals surface area contributed by atoms with Crippen LogP contribution in [-0.2, 0) is 0 Å². The first-order valence-electron chi connectivity index (χ1n) is 13.0. The first kappa shape index (κ1) is 32.6. The van der Waals surface area contributed by atoms with Crippen molar-refractivity contribution in [3.8, 4) is 11.5 Å². The molecule has 0 aliphatic rings. The molecule has 0 bridgehead atoms. The third-order valence-corrected chi connectivity index (χ3v) is 7.10. The highest BCUT2D eigenvalue weighted by Gasteiger charge is 2.21. The van der Waals surface area contributed by atoms with Gasteiger partial charge in [0, 0.05) is 28.9 Å². The van der Waals surface area contributed by atoms with Crippen LogP contribution in [0, 0.1) is 20.2 Å². The van der Waals surface area contributed by atoms with Crippen LogP contribution in [0.2, 0.25) is 0 Å². The van der Waals surface area contributed by atoms with Gasteiger partial charge in [-0.15, -0.1) is 0 Å². The largest absolute Gasteiger partial charge is 0.487 e. The predicted molar refractivity (Wildman–Crippen MR) is 176 cm³/mol. The fourth-order valence-electron chi connectivity index (χ4n) is 3.85. The van der Waals surface area contributed by atoms with Gasteiger partial charge in [0.25, 0.3) is 11.8 Å². The summed E-state index contributed by atoms with van der Waals surface area (Å²) in [4.78, 5) is 51.2. The van der Waals surface area contributed by atoms with Crippen molar-refractivity contribution in [3.05, 3.63) is 86.0 Å². The Morgan fingerprint density at radius 2 is 1.31 bits per heavy atom. The number of hydrogen-bond acceptors (Lipinski definition) is 12. The number of rotatable bonds is 10. The number of nitro benzene ring substituents is 2. The number of ether oxygens (including phenoxy) is 2. The molecule has 1 aromatic heterocycles. The van der Waals surface area contributed by atoms with E-state index in [1.807, 2.05) is 0 Å². The van der Waals surface area contributed by atoms with Gasteiger partial charge in [-0.3, -0.25) is 40.5 Å². The lowest BCUT2D eigenvalue weighted by molar-refractivity contribution is -0.386. The maximum Gasteiger partial charge on any atom is 0.311 e. The Balaban J connectivity index is 1.37. The maximum atomic E-state index is 12.7. The molecule has 0 aliphatic heterocycles. The highest BCUT2D eigenvalue weighted by atomic mass is 32.1. The first-order valence-corrected chi connectivity index (χ1v) is 14.6. The molecule has 2 amide bonds. The molecule has 4 rings (SSSR count). The van der Waals surface area contributed by atoms with Gasteiger partial charge in [-0.25, -0.2) is 4.98 Å². The molecule has 0 fully saturated rings. The van der Waals surface area contributed by atoms with Crippen LogP contribution in [0.5, 0.6) is 11.5 Å². The SMILES string of the molecule is CCOc1ccc(C(=O)NC(=S)Nc2ccc3nc(NC(=S)NC(=O)c4ccc(OCC)c([N+](=O)[O-])c4)sc3c2)cc1[N+](=O)[O-]. The molecule has 18 heteroatoms. The summed E-state index contributed by atoms with van der Waals surface area (Å²) >= 11 is 11.7. The summed E-state index contributed by atoms with van der Waals surface area (Å²) in [7, 11) is 0. The summed E-state index contributed by atoms with van der Waals surface area (Å²) in [5, 5.41) is 33.6. The number of carbonyl (C=O) groups is 2. The van der Waals surface area contributed by atoms with E-state index in [0.29, 0.717) is 21.0 Å². The van der Waals surface area contributed by atoms with Crippen LogP contribution < -0.4 is 30.7 Å². The molecule has 0 saturated carbocycles. The number of thiazole rings is 1. The quantitative estimate of drug-likeness (QED) is 0.0981. The smallest absolute Gasteiger partial charge is 0.311 e. The van der Waals surface area contributed by atoms with Gasteiger partial charge in [0.2, 0.25) is 0 Å². The molecule has 1 heterocycles. The Bertz CT molecular complexity index is 1750. The average molecular weight is 670 g/mol. The van der Waals surface area contributed by atoms with Crippen molar-refractivity contribution in [2.75, 3.05) is 23.8 Å². The zero-order valence-corrected chi connectivity index (χ0v) is 25.9. The molecule has 232 valence electrons. The Morgan fingerprint density at radius 1 is 0.800 bits per heavy atom. The number of nitro groups is 2. The van der Waals surface area contributed by atoms with Crippen molar-refractivity contribution in [2.45, 2.75) is 13.8 Å². The molecular formula is C27H23N7O8S3. The number of amides is 2. The molecule has 0 saturated heterocycles. The second-order valence-corrected chi connectivity index (χ2v) is 10.6. The van der Waals surface area contributed by atoms with Gasteiger partial charge < -0.3 is 20.1 Å². The van der Waals surface area contributed by atoms with Crippen molar-refractivity contribution in [1.29, 1.82) is 0 Å². The lowest BCUT2D eigenvalue weighted by Gasteiger charge is -2.10. The number of nitrogens with one attached hydrogen (secondary N) is 4. The van der Waals surface area contributed by atoms with Crippen LogP contribution >= 0.6 is 35.8 Å². The van der Waals surface area contributed by atoms with Crippen molar-refractivity contribution in [1.82, 2.24) is 15.6 Å². The minimum atomic E-state index is -0.665. The lowest BCUT2D eigenvalue weighted by Crippen LogP contribution is -2.34. The molecule has 0 radical (unpaired) electrons. The number of fused-ring (bicyclic) bond motifs is 1. The van der Waals surface area contributed by atoms with Gasteiger partial charge in [-0.1, -0.05) is 11.3 Å². The summed E-state index contributed by atoms with van der Waals surface area (Å²) in [5.74, 6) is -1.22. The molecule has 4 N–H and O–H groups in total. The van der Waals surface area contributed by atoms with E-state index in [9.17, 15) is 29.8 Å². The zero-order chi connectivity index (χ0) is 32.7. The number of benzene rings is 3. The Hall–Kier alpha value is -5.33. The van der Waals surface area contributed by atoms with Crippen LogP contribution in [0.15, 0.2) is 54.6 Å². The number of hydrogen-bond donors (Lipinski definition) is 4. The molecule has 0 aliphatic carbocycles. The van der Waals surface area contributed by atoms with E-state index >= 15 is 0 Å². The molecule has 15 nitrogen and oxygen atoms in total. The molecule has 0 spiro atoms. The van der Waals surface area contributed by atoms with Crippen molar-refractivity contribution >= 4 is 90.2 Å². The number of aromatic nitrogens is 1.